The quantitative estimate of drug-likeness (QED) is 0.857. The first-order valence-electron chi connectivity index (χ1n) is 7.61. The van der Waals surface area contributed by atoms with Crippen molar-refractivity contribution in [2.75, 3.05) is 18.8 Å². The van der Waals surface area contributed by atoms with E-state index in [1.54, 1.807) is 0 Å². The van der Waals surface area contributed by atoms with Crippen molar-refractivity contribution < 1.29 is 18.3 Å². The van der Waals surface area contributed by atoms with Crippen LogP contribution in [0.1, 0.15) is 44.9 Å². The van der Waals surface area contributed by atoms with Crippen molar-refractivity contribution in [3.8, 4) is 0 Å². The second-order valence-corrected chi connectivity index (χ2v) is 8.89. The maximum Gasteiger partial charge on any atom is 0.307 e. The van der Waals surface area contributed by atoms with Crippen LogP contribution in [0.5, 0.6) is 0 Å². The third kappa shape index (κ3) is 2.60. The van der Waals surface area contributed by atoms with Gasteiger partial charge < -0.3 is 5.11 Å². The molecule has 0 aromatic carbocycles. The van der Waals surface area contributed by atoms with Crippen molar-refractivity contribution in [1.82, 2.24) is 4.31 Å². The van der Waals surface area contributed by atoms with E-state index in [1.165, 1.54) is 23.6 Å². The normalized spacial score (nSPS) is 38.2. The van der Waals surface area contributed by atoms with Crippen molar-refractivity contribution in [2.24, 2.45) is 17.3 Å². The number of rotatable bonds is 4. The molecule has 3 saturated carbocycles. The van der Waals surface area contributed by atoms with Gasteiger partial charge in [0.1, 0.15) is 0 Å². The highest BCUT2D eigenvalue weighted by atomic mass is 32.2. The molecule has 3 aliphatic carbocycles. The van der Waals surface area contributed by atoms with Crippen LogP contribution in [0.2, 0.25) is 0 Å². The lowest BCUT2D eigenvalue weighted by Crippen LogP contribution is -2.43. The minimum Gasteiger partial charge on any atom is -0.481 e. The van der Waals surface area contributed by atoms with E-state index in [-0.39, 0.29) is 17.7 Å². The first-order chi connectivity index (χ1) is 9.40. The molecule has 0 amide bonds. The van der Waals surface area contributed by atoms with E-state index in [2.05, 4.69) is 0 Å². The van der Waals surface area contributed by atoms with Crippen molar-refractivity contribution >= 4 is 16.0 Å². The summed E-state index contributed by atoms with van der Waals surface area (Å²) in [5.74, 6) is -0.342. The molecule has 1 unspecified atom stereocenters. The number of hydrogen-bond donors (Lipinski definition) is 1. The summed E-state index contributed by atoms with van der Waals surface area (Å²) in [6.07, 6.45) is 7.07. The highest BCUT2D eigenvalue weighted by Gasteiger charge is 2.45. The Kier molecular flexibility index (Phi) is 3.57. The molecule has 0 aromatic rings. The fourth-order valence-corrected chi connectivity index (χ4v) is 6.40. The average Bonchev–Trinajstić information content (AvgIpc) is 2.90. The molecule has 20 heavy (non-hydrogen) atoms. The van der Waals surface area contributed by atoms with Crippen molar-refractivity contribution in [3.63, 3.8) is 0 Å². The zero-order valence-corrected chi connectivity index (χ0v) is 12.6. The van der Waals surface area contributed by atoms with Gasteiger partial charge in [0.05, 0.1) is 11.7 Å². The molecule has 0 spiro atoms. The van der Waals surface area contributed by atoms with E-state index in [0.29, 0.717) is 13.0 Å². The van der Waals surface area contributed by atoms with Gasteiger partial charge in [0.15, 0.2) is 0 Å². The predicted octanol–water partition coefficient (Wildman–Crippen LogP) is 1.69. The number of aliphatic carboxylic acids is 1. The molecule has 1 heterocycles. The van der Waals surface area contributed by atoms with Crippen LogP contribution in [-0.4, -0.2) is 42.6 Å². The van der Waals surface area contributed by atoms with Gasteiger partial charge in [0.2, 0.25) is 10.0 Å². The molecule has 1 saturated heterocycles. The largest absolute Gasteiger partial charge is 0.481 e. The molecule has 4 rings (SSSR count). The van der Waals surface area contributed by atoms with Crippen LogP contribution < -0.4 is 0 Å². The highest BCUT2D eigenvalue weighted by molar-refractivity contribution is 7.89. The Morgan fingerprint density at radius 3 is 2.25 bits per heavy atom. The maximum atomic E-state index is 12.6. The lowest BCUT2D eigenvalue weighted by atomic mass is 9.62. The van der Waals surface area contributed by atoms with E-state index >= 15 is 0 Å². The van der Waals surface area contributed by atoms with Gasteiger partial charge in [-0.05, 0) is 56.3 Å². The molecule has 5 nitrogen and oxygen atoms in total. The molecule has 0 radical (unpaired) electrons. The first kappa shape index (κ1) is 14.3. The van der Waals surface area contributed by atoms with E-state index in [4.69, 9.17) is 5.11 Å². The predicted molar refractivity (Wildman–Crippen MR) is 74.7 cm³/mol. The lowest BCUT2D eigenvalue weighted by Gasteiger charge is -2.46. The molecular formula is C14H23NO4S. The summed E-state index contributed by atoms with van der Waals surface area (Å²) in [4.78, 5) is 11.0. The Bertz CT molecular complexity index is 480. The van der Waals surface area contributed by atoms with Crippen LogP contribution in [0.4, 0.5) is 0 Å². The molecular weight excluding hydrogens is 278 g/mol. The van der Waals surface area contributed by atoms with Crippen molar-refractivity contribution in [2.45, 2.75) is 44.9 Å². The number of carbonyl (C=O) groups is 1. The molecule has 2 bridgehead atoms. The molecule has 0 aromatic heterocycles. The van der Waals surface area contributed by atoms with Crippen LogP contribution >= 0.6 is 0 Å². The van der Waals surface area contributed by atoms with E-state index in [1.807, 2.05) is 0 Å². The smallest absolute Gasteiger partial charge is 0.307 e. The summed E-state index contributed by atoms with van der Waals surface area (Å²) in [5.41, 5.74) is -0.0190. The Morgan fingerprint density at radius 2 is 1.75 bits per heavy atom. The standard InChI is InChI=1S/C14H23NO4S/c16-13(17)12-4-8-15(9-12)20(18,19)10-14-5-1-11(2-6-14)3-7-14/h11-12H,1-10H2,(H,16,17). The lowest BCUT2D eigenvalue weighted by molar-refractivity contribution is -0.141. The summed E-state index contributed by atoms with van der Waals surface area (Å²) in [7, 11) is -3.30. The number of carboxylic acid groups (broad SMARTS) is 1. The van der Waals surface area contributed by atoms with Gasteiger partial charge >= 0.3 is 5.97 Å². The van der Waals surface area contributed by atoms with Gasteiger partial charge in [0.25, 0.3) is 0 Å². The van der Waals surface area contributed by atoms with Crippen LogP contribution in [0, 0.1) is 17.3 Å². The monoisotopic (exact) mass is 301 g/mol. The molecule has 6 heteroatoms. The Labute approximate surface area is 120 Å². The fraction of sp³-hybridized carbons (Fsp3) is 0.929. The number of carboxylic acids is 1. The molecule has 1 atom stereocenters. The highest BCUT2D eigenvalue weighted by Crippen LogP contribution is 2.51. The van der Waals surface area contributed by atoms with E-state index in [0.717, 1.165) is 25.2 Å². The topological polar surface area (TPSA) is 74.7 Å². The van der Waals surface area contributed by atoms with Gasteiger partial charge in [-0.15, -0.1) is 0 Å². The summed E-state index contributed by atoms with van der Waals surface area (Å²) >= 11 is 0. The Hall–Kier alpha value is -0.620. The van der Waals surface area contributed by atoms with Gasteiger partial charge in [-0.2, -0.15) is 0 Å². The maximum absolute atomic E-state index is 12.6. The second kappa shape index (κ2) is 4.98. The minimum absolute atomic E-state index is 0.0190. The van der Waals surface area contributed by atoms with E-state index in [9.17, 15) is 13.2 Å². The van der Waals surface area contributed by atoms with Crippen LogP contribution in [0.25, 0.3) is 0 Å². The van der Waals surface area contributed by atoms with Gasteiger partial charge in [-0.3, -0.25) is 4.79 Å². The Morgan fingerprint density at radius 1 is 1.15 bits per heavy atom. The van der Waals surface area contributed by atoms with Crippen LogP contribution in [-0.2, 0) is 14.8 Å². The average molecular weight is 301 g/mol. The molecule has 1 aliphatic heterocycles. The summed E-state index contributed by atoms with van der Waals surface area (Å²) < 4.78 is 26.6. The minimum atomic E-state index is -3.30. The van der Waals surface area contributed by atoms with E-state index < -0.39 is 21.9 Å². The molecule has 114 valence electrons. The molecule has 4 aliphatic rings. The third-order valence-corrected chi connectivity index (χ3v) is 7.73. The number of nitrogens with zero attached hydrogens (tertiary/aromatic N) is 1. The number of hydrogen-bond acceptors (Lipinski definition) is 3. The SMILES string of the molecule is O=C(O)C1CCN(S(=O)(=O)CC23CCC(CC2)CC3)C1. The number of fused-ring (bicyclic) bond motifs is 3. The van der Waals surface area contributed by atoms with Gasteiger partial charge in [-0.1, -0.05) is 0 Å². The molecule has 1 N–H and O–H groups in total. The summed E-state index contributed by atoms with van der Waals surface area (Å²) in [6.45, 7) is 0.536. The second-order valence-electron chi connectivity index (χ2n) is 6.92. The zero-order chi connectivity index (χ0) is 14.4. The summed E-state index contributed by atoms with van der Waals surface area (Å²) in [6, 6.07) is 0. The van der Waals surface area contributed by atoms with Crippen LogP contribution in [0.3, 0.4) is 0 Å². The molecule has 4 fully saturated rings. The van der Waals surface area contributed by atoms with Gasteiger partial charge in [-0.25, -0.2) is 12.7 Å². The third-order valence-electron chi connectivity index (χ3n) is 5.63. The fourth-order valence-electron chi connectivity index (χ4n) is 4.22. The zero-order valence-electron chi connectivity index (χ0n) is 11.8. The van der Waals surface area contributed by atoms with Gasteiger partial charge in [0, 0.05) is 13.1 Å². The summed E-state index contributed by atoms with van der Waals surface area (Å²) in [5, 5.41) is 9.00. The van der Waals surface area contributed by atoms with Crippen molar-refractivity contribution in [3.05, 3.63) is 0 Å². The Balaban J connectivity index is 1.68. The number of sulfonamides is 1. The van der Waals surface area contributed by atoms with Crippen molar-refractivity contribution in [1.29, 1.82) is 0 Å². The van der Waals surface area contributed by atoms with Crippen LogP contribution in [0.15, 0.2) is 0 Å². The first-order valence-corrected chi connectivity index (χ1v) is 9.22.